The Morgan fingerprint density at radius 2 is 2.08 bits per heavy atom. The predicted molar refractivity (Wildman–Crippen MR) is 89.3 cm³/mol. The molecule has 25 heavy (non-hydrogen) atoms. The summed E-state index contributed by atoms with van der Waals surface area (Å²) in [4.78, 5) is 28.7. The van der Waals surface area contributed by atoms with E-state index in [0.29, 0.717) is 23.5 Å². The predicted octanol–water partition coefficient (Wildman–Crippen LogP) is 1.99. The van der Waals surface area contributed by atoms with Crippen molar-refractivity contribution in [2.45, 2.75) is 12.5 Å². The van der Waals surface area contributed by atoms with Gasteiger partial charge in [0, 0.05) is 18.8 Å². The molecule has 0 bridgehead atoms. The third-order valence-electron chi connectivity index (χ3n) is 3.94. The molecule has 7 nitrogen and oxygen atoms in total. The maximum Gasteiger partial charge on any atom is 0.339 e. The number of fused-ring (bicyclic) bond motifs is 1. The first kappa shape index (κ1) is 15.1. The van der Waals surface area contributed by atoms with E-state index in [1.54, 1.807) is 47.4 Å². The number of carbonyl (C=O) groups is 2. The highest BCUT2D eigenvalue weighted by molar-refractivity contribution is 6.00. The van der Waals surface area contributed by atoms with Crippen molar-refractivity contribution in [2.75, 3.05) is 5.32 Å². The van der Waals surface area contributed by atoms with E-state index in [-0.39, 0.29) is 5.91 Å². The number of nitrogens with zero attached hydrogens (tertiary/aromatic N) is 3. The van der Waals surface area contributed by atoms with Gasteiger partial charge in [0.15, 0.2) is 11.9 Å². The average Bonchev–Trinajstić information content (AvgIpc) is 3.17. The molecule has 1 unspecified atom stereocenters. The van der Waals surface area contributed by atoms with Crippen molar-refractivity contribution in [2.24, 2.45) is 0 Å². The fourth-order valence-electron chi connectivity index (χ4n) is 2.70. The third-order valence-corrected chi connectivity index (χ3v) is 3.94. The van der Waals surface area contributed by atoms with Crippen LogP contribution < -0.4 is 5.32 Å². The lowest BCUT2D eigenvalue weighted by Gasteiger charge is -2.23. The fourth-order valence-corrected chi connectivity index (χ4v) is 2.70. The largest absolute Gasteiger partial charge is 0.448 e. The Labute approximate surface area is 143 Å². The molecule has 0 saturated carbocycles. The molecule has 0 saturated heterocycles. The number of anilines is 1. The van der Waals surface area contributed by atoms with Gasteiger partial charge in [-0.05, 0) is 29.8 Å². The van der Waals surface area contributed by atoms with E-state index in [9.17, 15) is 9.59 Å². The quantitative estimate of drug-likeness (QED) is 0.740. The number of esters is 1. The molecule has 7 heteroatoms. The summed E-state index contributed by atoms with van der Waals surface area (Å²) >= 11 is 0. The number of ether oxygens (including phenoxy) is 1. The molecule has 124 valence electrons. The van der Waals surface area contributed by atoms with Crippen molar-refractivity contribution in [3.8, 4) is 5.82 Å². The smallest absolute Gasteiger partial charge is 0.339 e. The Morgan fingerprint density at radius 3 is 2.84 bits per heavy atom. The van der Waals surface area contributed by atoms with E-state index >= 15 is 0 Å². The van der Waals surface area contributed by atoms with Gasteiger partial charge in [0.2, 0.25) is 0 Å². The Bertz CT molecular complexity index is 920. The molecular weight excluding hydrogens is 320 g/mol. The van der Waals surface area contributed by atoms with Gasteiger partial charge in [-0.25, -0.2) is 14.5 Å². The van der Waals surface area contributed by atoms with Gasteiger partial charge in [-0.3, -0.25) is 4.79 Å². The molecule has 0 spiro atoms. The fraction of sp³-hybridized carbons (Fsp3) is 0.111. The summed E-state index contributed by atoms with van der Waals surface area (Å²) in [7, 11) is 0. The molecule has 1 aliphatic heterocycles. The maximum atomic E-state index is 12.4. The zero-order chi connectivity index (χ0) is 17.2. The summed E-state index contributed by atoms with van der Waals surface area (Å²) < 4.78 is 6.86. The SMILES string of the molecule is O=C1OC(C(=O)Nc2ccc(-n3cccn3)nc2)Cc2ccccc21. The van der Waals surface area contributed by atoms with E-state index in [0.717, 1.165) is 5.56 Å². The van der Waals surface area contributed by atoms with Gasteiger partial charge in [0.05, 0.1) is 17.4 Å². The topological polar surface area (TPSA) is 86.1 Å². The van der Waals surface area contributed by atoms with E-state index < -0.39 is 12.1 Å². The normalized spacial score (nSPS) is 16.0. The summed E-state index contributed by atoms with van der Waals surface area (Å²) in [5.74, 6) is -0.216. The molecule has 1 aromatic carbocycles. The van der Waals surface area contributed by atoms with Crippen molar-refractivity contribution < 1.29 is 14.3 Å². The number of hydrogen-bond acceptors (Lipinski definition) is 5. The number of amides is 1. The second kappa shape index (κ2) is 6.20. The van der Waals surface area contributed by atoms with Crippen LogP contribution >= 0.6 is 0 Å². The van der Waals surface area contributed by atoms with Crippen LogP contribution in [-0.2, 0) is 16.0 Å². The standard InChI is InChI=1S/C18H14N4O3/c23-17(15-10-12-4-1-2-5-14(12)18(24)25-15)21-13-6-7-16(19-11-13)22-9-3-8-20-22/h1-9,11,15H,10H2,(H,21,23). The second-order valence-corrected chi connectivity index (χ2v) is 5.60. The van der Waals surface area contributed by atoms with Crippen LogP contribution in [0.4, 0.5) is 5.69 Å². The number of nitrogens with one attached hydrogen (secondary N) is 1. The number of aromatic nitrogens is 3. The van der Waals surface area contributed by atoms with Crippen LogP contribution in [0.5, 0.6) is 0 Å². The molecular formula is C18H14N4O3. The minimum Gasteiger partial charge on any atom is -0.448 e. The highest BCUT2D eigenvalue weighted by Crippen LogP contribution is 2.21. The van der Waals surface area contributed by atoms with Crippen LogP contribution in [0, 0.1) is 0 Å². The van der Waals surface area contributed by atoms with Crippen molar-refractivity contribution in [3.63, 3.8) is 0 Å². The van der Waals surface area contributed by atoms with E-state index in [2.05, 4.69) is 15.4 Å². The summed E-state index contributed by atoms with van der Waals surface area (Å²) in [6.45, 7) is 0. The van der Waals surface area contributed by atoms with Gasteiger partial charge in [-0.2, -0.15) is 5.10 Å². The molecule has 3 aromatic rings. The van der Waals surface area contributed by atoms with Crippen LogP contribution in [0.25, 0.3) is 5.82 Å². The molecule has 1 N–H and O–H groups in total. The number of benzene rings is 1. The molecule has 0 fully saturated rings. The summed E-state index contributed by atoms with van der Waals surface area (Å²) in [5.41, 5.74) is 1.85. The maximum absolute atomic E-state index is 12.4. The lowest BCUT2D eigenvalue weighted by molar-refractivity contribution is -0.125. The van der Waals surface area contributed by atoms with Gasteiger partial charge in [-0.15, -0.1) is 0 Å². The molecule has 2 aromatic heterocycles. The van der Waals surface area contributed by atoms with Crippen molar-refractivity contribution >= 4 is 17.6 Å². The van der Waals surface area contributed by atoms with Crippen molar-refractivity contribution in [1.82, 2.24) is 14.8 Å². The Kier molecular flexibility index (Phi) is 3.74. The van der Waals surface area contributed by atoms with E-state index in [1.165, 1.54) is 6.20 Å². The van der Waals surface area contributed by atoms with E-state index in [1.807, 2.05) is 12.1 Å². The van der Waals surface area contributed by atoms with E-state index in [4.69, 9.17) is 4.74 Å². The van der Waals surface area contributed by atoms with Crippen LogP contribution in [0.2, 0.25) is 0 Å². The number of rotatable bonds is 3. The number of carbonyl (C=O) groups excluding carboxylic acids is 2. The third kappa shape index (κ3) is 2.99. The summed E-state index contributed by atoms with van der Waals surface area (Å²) in [5, 5.41) is 6.82. The monoisotopic (exact) mass is 334 g/mol. The minimum absolute atomic E-state index is 0.354. The molecule has 0 aliphatic carbocycles. The molecule has 0 radical (unpaired) electrons. The number of hydrogen-bond donors (Lipinski definition) is 1. The zero-order valence-electron chi connectivity index (χ0n) is 13.1. The summed E-state index contributed by atoms with van der Waals surface area (Å²) in [6, 6.07) is 12.4. The zero-order valence-corrected chi connectivity index (χ0v) is 13.1. The van der Waals surface area contributed by atoms with Gasteiger partial charge >= 0.3 is 5.97 Å². The highest BCUT2D eigenvalue weighted by Gasteiger charge is 2.31. The number of pyridine rings is 1. The molecule has 3 heterocycles. The van der Waals surface area contributed by atoms with Crippen LogP contribution in [0.3, 0.4) is 0 Å². The second-order valence-electron chi connectivity index (χ2n) is 5.60. The van der Waals surface area contributed by atoms with Crippen LogP contribution in [-0.4, -0.2) is 32.7 Å². The highest BCUT2D eigenvalue weighted by atomic mass is 16.5. The van der Waals surface area contributed by atoms with Crippen LogP contribution in [0.1, 0.15) is 15.9 Å². The average molecular weight is 334 g/mol. The van der Waals surface area contributed by atoms with Crippen molar-refractivity contribution in [1.29, 1.82) is 0 Å². The first-order valence-electron chi connectivity index (χ1n) is 7.76. The molecule has 1 amide bonds. The lowest BCUT2D eigenvalue weighted by atomic mass is 9.98. The molecule has 4 rings (SSSR count). The first-order valence-corrected chi connectivity index (χ1v) is 7.76. The van der Waals surface area contributed by atoms with Gasteiger partial charge in [-0.1, -0.05) is 18.2 Å². The van der Waals surface area contributed by atoms with Gasteiger partial charge in [0.1, 0.15) is 0 Å². The number of cyclic esters (lactones) is 1. The van der Waals surface area contributed by atoms with Gasteiger partial charge < -0.3 is 10.1 Å². The Morgan fingerprint density at radius 1 is 1.20 bits per heavy atom. The van der Waals surface area contributed by atoms with Crippen LogP contribution in [0.15, 0.2) is 61.1 Å². The minimum atomic E-state index is -0.854. The van der Waals surface area contributed by atoms with Crippen molar-refractivity contribution in [3.05, 3.63) is 72.2 Å². The summed E-state index contributed by atoms with van der Waals surface area (Å²) in [6.07, 6.45) is 4.47. The Balaban J connectivity index is 1.47. The Hall–Kier alpha value is -3.48. The molecule has 1 atom stereocenters. The molecule has 1 aliphatic rings. The lowest BCUT2D eigenvalue weighted by Crippen LogP contribution is -2.38. The van der Waals surface area contributed by atoms with Gasteiger partial charge in [0.25, 0.3) is 5.91 Å². The first-order chi connectivity index (χ1) is 12.2.